The summed E-state index contributed by atoms with van der Waals surface area (Å²) in [6, 6.07) is 16.2. The van der Waals surface area contributed by atoms with Crippen molar-refractivity contribution < 1.29 is 9.59 Å². The first kappa shape index (κ1) is 15.8. The van der Waals surface area contributed by atoms with Gasteiger partial charge in [0.15, 0.2) is 0 Å². The van der Waals surface area contributed by atoms with Crippen LogP contribution in [0.15, 0.2) is 54.6 Å². The summed E-state index contributed by atoms with van der Waals surface area (Å²) in [4.78, 5) is 23.7. The van der Waals surface area contributed by atoms with Crippen LogP contribution in [0.2, 0.25) is 0 Å². The van der Waals surface area contributed by atoms with Crippen LogP contribution in [0.4, 0.5) is 11.4 Å². The Bertz CT molecular complexity index is 621. The van der Waals surface area contributed by atoms with Crippen molar-refractivity contribution in [1.82, 2.24) is 0 Å². The topological polar surface area (TPSA) is 58.2 Å². The van der Waals surface area contributed by atoms with Gasteiger partial charge >= 0.3 is 0 Å². The molecule has 0 atom stereocenters. The van der Waals surface area contributed by atoms with Crippen molar-refractivity contribution in [1.29, 1.82) is 0 Å². The van der Waals surface area contributed by atoms with Crippen LogP contribution in [0.1, 0.15) is 36.5 Å². The van der Waals surface area contributed by atoms with E-state index in [1.807, 2.05) is 37.3 Å². The molecule has 0 saturated heterocycles. The summed E-state index contributed by atoms with van der Waals surface area (Å²) in [6.45, 7) is 2.05. The Balaban J connectivity index is 1.93. The number of amides is 2. The zero-order chi connectivity index (χ0) is 15.8. The second-order valence-corrected chi connectivity index (χ2v) is 5.05. The lowest BCUT2D eigenvalue weighted by atomic mass is 10.1. The van der Waals surface area contributed by atoms with Gasteiger partial charge < -0.3 is 10.6 Å². The normalized spacial score (nSPS) is 10.0. The lowest BCUT2D eigenvalue weighted by Crippen LogP contribution is -2.13. The van der Waals surface area contributed by atoms with Gasteiger partial charge in [-0.15, -0.1) is 0 Å². The van der Waals surface area contributed by atoms with Crippen LogP contribution in [0, 0.1) is 0 Å². The van der Waals surface area contributed by atoms with Crippen LogP contribution in [-0.4, -0.2) is 11.8 Å². The Hall–Kier alpha value is -2.62. The molecule has 2 aromatic rings. The van der Waals surface area contributed by atoms with Gasteiger partial charge in [-0.2, -0.15) is 0 Å². The number of carbonyl (C=O) groups excluding carboxylic acids is 2. The molecule has 0 saturated carbocycles. The molecule has 0 aromatic heterocycles. The van der Waals surface area contributed by atoms with E-state index >= 15 is 0 Å². The largest absolute Gasteiger partial charge is 0.326 e. The molecule has 0 unspecified atom stereocenters. The van der Waals surface area contributed by atoms with Crippen molar-refractivity contribution in [3.63, 3.8) is 0 Å². The van der Waals surface area contributed by atoms with Gasteiger partial charge in [-0.25, -0.2) is 0 Å². The lowest BCUT2D eigenvalue weighted by molar-refractivity contribution is -0.116. The van der Waals surface area contributed by atoms with Crippen molar-refractivity contribution in [2.45, 2.75) is 26.2 Å². The van der Waals surface area contributed by atoms with Gasteiger partial charge in [-0.3, -0.25) is 9.59 Å². The van der Waals surface area contributed by atoms with E-state index in [4.69, 9.17) is 0 Å². The fourth-order valence-corrected chi connectivity index (χ4v) is 1.99. The number of unbranched alkanes of at least 4 members (excludes halogenated alkanes) is 1. The Morgan fingerprint density at radius 2 is 1.50 bits per heavy atom. The average molecular weight is 296 g/mol. The third kappa shape index (κ3) is 4.74. The molecule has 114 valence electrons. The summed E-state index contributed by atoms with van der Waals surface area (Å²) in [5, 5.41) is 5.64. The average Bonchev–Trinajstić information content (AvgIpc) is 2.54. The molecule has 0 fully saturated rings. The summed E-state index contributed by atoms with van der Waals surface area (Å²) >= 11 is 0. The van der Waals surface area contributed by atoms with Crippen LogP contribution in [0.25, 0.3) is 0 Å². The van der Waals surface area contributed by atoms with Crippen LogP contribution >= 0.6 is 0 Å². The quantitative estimate of drug-likeness (QED) is 0.844. The molecule has 2 rings (SSSR count). The SMILES string of the molecule is CCCCC(=O)Nc1ccc(C(=O)Nc2ccccc2)cc1. The molecule has 4 nitrogen and oxygen atoms in total. The summed E-state index contributed by atoms with van der Waals surface area (Å²) in [7, 11) is 0. The number of rotatable bonds is 6. The Morgan fingerprint density at radius 3 is 2.14 bits per heavy atom. The highest BCUT2D eigenvalue weighted by Gasteiger charge is 2.07. The Morgan fingerprint density at radius 1 is 0.864 bits per heavy atom. The summed E-state index contributed by atoms with van der Waals surface area (Å²) in [5.41, 5.74) is 2.01. The number of hydrogen-bond donors (Lipinski definition) is 2. The second-order valence-electron chi connectivity index (χ2n) is 5.05. The summed E-state index contributed by atoms with van der Waals surface area (Å²) < 4.78 is 0. The lowest BCUT2D eigenvalue weighted by Gasteiger charge is -2.07. The van der Waals surface area contributed by atoms with Crippen molar-refractivity contribution in [3.8, 4) is 0 Å². The number of anilines is 2. The highest BCUT2D eigenvalue weighted by molar-refractivity contribution is 6.04. The molecule has 0 aliphatic rings. The molecule has 0 spiro atoms. The fourth-order valence-electron chi connectivity index (χ4n) is 1.99. The molecule has 0 heterocycles. The predicted molar refractivity (Wildman–Crippen MR) is 89.0 cm³/mol. The van der Waals surface area contributed by atoms with Crippen molar-refractivity contribution >= 4 is 23.2 Å². The van der Waals surface area contributed by atoms with E-state index in [2.05, 4.69) is 10.6 Å². The predicted octanol–water partition coefficient (Wildman–Crippen LogP) is 4.07. The molecule has 2 aromatic carbocycles. The third-order valence-electron chi connectivity index (χ3n) is 3.22. The summed E-state index contributed by atoms with van der Waals surface area (Å²) in [5.74, 6) is -0.168. The van der Waals surface area contributed by atoms with Gasteiger partial charge in [-0.1, -0.05) is 31.5 Å². The molecule has 2 N–H and O–H groups in total. The molecule has 4 heteroatoms. The molecule has 0 bridgehead atoms. The van der Waals surface area contributed by atoms with Gasteiger partial charge in [0.25, 0.3) is 5.91 Å². The second kappa shape index (κ2) is 7.98. The van der Waals surface area contributed by atoms with Gasteiger partial charge in [0.1, 0.15) is 0 Å². The number of para-hydroxylation sites is 1. The van der Waals surface area contributed by atoms with Crippen LogP contribution in [0.3, 0.4) is 0 Å². The van der Waals surface area contributed by atoms with Gasteiger partial charge in [0.2, 0.25) is 5.91 Å². The van der Waals surface area contributed by atoms with E-state index < -0.39 is 0 Å². The highest BCUT2D eigenvalue weighted by atomic mass is 16.2. The number of nitrogens with one attached hydrogen (secondary N) is 2. The Kier molecular flexibility index (Phi) is 5.72. The molecule has 0 aliphatic carbocycles. The van der Waals surface area contributed by atoms with Crippen LogP contribution in [0.5, 0.6) is 0 Å². The first-order valence-corrected chi connectivity index (χ1v) is 7.45. The molecule has 2 amide bonds. The summed E-state index contributed by atoms with van der Waals surface area (Å²) in [6.07, 6.45) is 2.39. The van der Waals surface area contributed by atoms with E-state index in [1.54, 1.807) is 24.3 Å². The molecule has 0 aliphatic heterocycles. The number of carbonyl (C=O) groups is 2. The molecular weight excluding hydrogens is 276 g/mol. The zero-order valence-electron chi connectivity index (χ0n) is 12.6. The van der Waals surface area contributed by atoms with Crippen LogP contribution in [-0.2, 0) is 4.79 Å². The van der Waals surface area contributed by atoms with E-state index in [-0.39, 0.29) is 11.8 Å². The molecule has 22 heavy (non-hydrogen) atoms. The van der Waals surface area contributed by atoms with Crippen molar-refractivity contribution in [2.75, 3.05) is 10.6 Å². The van der Waals surface area contributed by atoms with Crippen molar-refractivity contribution in [2.24, 2.45) is 0 Å². The first-order chi connectivity index (χ1) is 10.7. The minimum absolute atomic E-state index is 0.00309. The monoisotopic (exact) mass is 296 g/mol. The minimum atomic E-state index is -0.171. The molecular formula is C18H20N2O2. The fraction of sp³-hybridized carbons (Fsp3) is 0.222. The van der Waals surface area contributed by atoms with Gasteiger partial charge in [0.05, 0.1) is 0 Å². The van der Waals surface area contributed by atoms with E-state index in [0.29, 0.717) is 17.7 Å². The number of hydrogen-bond acceptors (Lipinski definition) is 2. The van der Waals surface area contributed by atoms with Crippen LogP contribution < -0.4 is 10.6 Å². The van der Waals surface area contributed by atoms with Gasteiger partial charge in [0, 0.05) is 23.4 Å². The first-order valence-electron chi connectivity index (χ1n) is 7.45. The highest BCUT2D eigenvalue weighted by Crippen LogP contribution is 2.13. The smallest absolute Gasteiger partial charge is 0.255 e. The van der Waals surface area contributed by atoms with E-state index in [1.165, 1.54) is 0 Å². The third-order valence-corrected chi connectivity index (χ3v) is 3.22. The minimum Gasteiger partial charge on any atom is -0.326 e. The standard InChI is InChI=1S/C18H20N2O2/c1-2-3-9-17(21)19-16-12-10-14(11-13-16)18(22)20-15-7-5-4-6-8-15/h4-8,10-13H,2-3,9H2,1H3,(H,19,21)(H,20,22). The van der Waals surface area contributed by atoms with E-state index in [9.17, 15) is 9.59 Å². The van der Waals surface area contributed by atoms with Gasteiger partial charge in [-0.05, 0) is 42.8 Å². The maximum absolute atomic E-state index is 12.1. The Labute approximate surface area is 130 Å². The van der Waals surface area contributed by atoms with E-state index in [0.717, 1.165) is 18.5 Å². The molecule has 0 radical (unpaired) electrons. The van der Waals surface area contributed by atoms with Crippen molar-refractivity contribution in [3.05, 3.63) is 60.2 Å². The zero-order valence-corrected chi connectivity index (χ0v) is 12.6. The maximum atomic E-state index is 12.1. The maximum Gasteiger partial charge on any atom is 0.255 e. The number of benzene rings is 2.